The van der Waals surface area contributed by atoms with E-state index in [0.29, 0.717) is 6.04 Å². The molecule has 108 valence electrons. The van der Waals surface area contributed by atoms with Gasteiger partial charge in [0.15, 0.2) is 0 Å². The Balaban J connectivity index is 0.00000144. The summed E-state index contributed by atoms with van der Waals surface area (Å²) in [5.41, 5.74) is 0. The second kappa shape index (κ2) is 8.97. The number of amides is 1. The molecule has 2 saturated heterocycles. The Hall–Kier alpha value is -0.0300. The minimum atomic E-state index is 0. The molecular formula is C12H25Cl2N3O. The van der Waals surface area contributed by atoms with Crippen molar-refractivity contribution >= 4 is 30.7 Å². The third-order valence-corrected chi connectivity index (χ3v) is 3.81. The van der Waals surface area contributed by atoms with Crippen LogP contribution in [-0.4, -0.2) is 49.6 Å². The summed E-state index contributed by atoms with van der Waals surface area (Å²) >= 11 is 0. The van der Waals surface area contributed by atoms with Gasteiger partial charge >= 0.3 is 0 Å². The lowest BCUT2D eigenvalue weighted by Gasteiger charge is -2.31. The van der Waals surface area contributed by atoms with Crippen LogP contribution in [0.25, 0.3) is 0 Å². The van der Waals surface area contributed by atoms with Gasteiger partial charge in [-0.2, -0.15) is 0 Å². The van der Waals surface area contributed by atoms with Gasteiger partial charge in [0, 0.05) is 25.7 Å². The Labute approximate surface area is 122 Å². The molecule has 2 rings (SSSR count). The number of piperidine rings is 1. The average molecular weight is 298 g/mol. The first kappa shape index (κ1) is 18.0. The fraction of sp³-hybridized carbons (Fsp3) is 0.917. The van der Waals surface area contributed by atoms with E-state index in [1.807, 2.05) is 0 Å². The van der Waals surface area contributed by atoms with E-state index in [9.17, 15) is 4.79 Å². The first-order valence-electron chi connectivity index (χ1n) is 6.53. The van der Waals surface area contributed by atoms with Gasteiger partial charge in [0.05, 0.1) is 5.92 Å². The molecule has 18 heavy (non-hydrogen) atoms. The van der Waals surface area contributed by atoms with Crippen LogP contribution < -0.4 is 10.6 Å². The van der Waals surface area contributed by atoms with Gasteiger partial charge < -0.3 is 15.5 Å². The summed E-state index contributed by atoms with van der Waals surface area (Å²) in [6, 6.07) is 0.413. The van der Waals surface area contributed by atoms with Gasteiger partial charge in [0.25, 0.3) is 0 Å². The zero-order chi connectivity index (χ0) is 11.4. The first-order valence-corrected chi connectivity index (χ1v) is 6.53. The molecule has 0 radical (unpaired) electrons. The maximum Gasteiger partial charge on any atom is 0.224 e. The second-order valence-electron chi connectivity index (χ2n) is 4.91. The molecule has 1 atom stereocenters. The molecule has 0 saturated carbocycles. The molecule has 2 aliphatic rings. The lowest BCUT2D eigenvalue weighted by atomic mass is 10.0. The molecule has 1 amide bonds. The van der Waals surface area contributed by atoms with Crippen molar-refractivity contribution in [2.75, 3.05) is 32.7 Å². The Morgan fingerprint density at radius 3 is 2.44 bits per heavy atom. The molecule has 2 N–H and O–H groups in total. The predicted molar refractivity (Wildman–Crippen MR) is 78.8 cm³/mol. The van der Waals surface area contributed by atoms with E-state index in [4.69, 9.17) is 0 Å². The first-order chi connectivity index (χ1) is 7.79. The molecule has 0 aromatic carbocycles. The van der Waals surface area contributed by atoms with Gasteiger partial charge in [-0.1, -0.05) is 6.92 Å². The summed E-state index contributed by atoms with van der Waals surface area (Å²) in [4.78, 5) is 14.3. The van der Waals surface area contributed by atoms with Gasteiger partial charge in [-0.05, 0) is 32.4 Å². The van der Waals surface area contributed by atoms with Crippen LogP contribution in [0.3, 0.4) is 0 Å². The minimum absolute atomic E-state index is 0. The number of likely N-dealkylation sites (tertiary alicyclic amines) is 1. The van der Waals surface area contributed by atoms with Crippen LogP contribution in [0.15, 0.2) is 0 Å². The van der Waals surface area contributed by atoms with Crippen LogP contribution in [0.4, 0.5) is 0 Å². The van der Waals surface area contributed by atoms with E-state index in [2.05, 4.69) is 22.5 Å². The maximum atomic E-state index is 11.9. The van der Waals surface area contributed by atoms with Gasteiger partial charge in [0.1, 0.15) is 0 Å². The molecular weight excluding hydrogens is 273 g/mol. The van der Waals surface area contributed by atoms with Crippen molar-refractivity contribution in [2.24, 2.45) is 5.92 Å². The van der Waals surface area contributed by atoms with Crippen molar-refractivity contribution in [1.82, 2.24) is 15.5 Å². The van der Waals surface area contributed by atoms with Crippen molar-refractivity contribution in [3.8, 4) is 0 Å². The zero-order valence-electron chi connectivity index (χ0n) is 11.0. The van der Waals surface area contributed by atoms with Crippen molar-refractivity contribution in [1.29, 1.82) is 0 Å². The smallest absolute Gasteiger partial charge is 0.224 e. The molecule has 2 heterocycles. The summed E-state index contributed by atoms with van der Waals surface area (Å²) in [5.74, 6) is 0.476. The SMILES string of the molecule is CCN1CCC(NC(=O)C2CCNC2)CC1.Cl.Cl. The van der Waals surface area contributed by atoms with E-state index < -0.39 is 0 Å². The fourth-order valence-corrected chi connectivity index (χ4v) is 2.59. The van der Waals surface area contributed by atoms with Crippen molar-refractivity contribution in [3.63, 3.8) is 0 Å². The molecule has 0 spiro atoms. The van der Waals surface area contributed by atoms with Crippen LogP contribution in [0, 0.1) is 5.92 Å². The summed E-state index contributed by atoms with van der Waals surface area (Å²) in [6.07, 6.45) is 3.22. The zero-order valence-corrected chi connectivity index (χ0v) is 12.6. The largest absolute Gasteiger partial charge is 0.353 e. The Morgan fingerprint density at radius 1 is 1.28 bits per heavy atom. The third-order valence-electron chi connectivity index (χ3n) is 3.81. The molecule has 2 fully saturated rings. The molecule has 0 aromatic rings. The van der Waals surface area contributed by atoms with Crippen LogP contribution in [0.5, 0.6) is 0 Å². The molecule has 0 aliphatic carbocycles. The van der Waals surface area contributed by atoms with E-state index in [1.54, 1.807) is 0 Å². The highest BCUT2D eigenvalue weighted by Gasteiger charge is 2.26. The molecule has 1 unspecified atom stereocenters. The lowest BCUT2D eigenvalue weighted by Crippen LogP contribution is -2.46. The van der Waals surface area contributed by atoms with E-state index >= 15 is 0 Å². The highest BCUT2D eigenvalue weighted by atomic mass is 35.5. The number of rotatable bonds is 3. The fourth-order valence-electron chi connectivity index (χ4n) is 2.59. The monoisotopic (exact) mass is 297 g/mol. The van der Waals surface area contributed by atoms with Gasteiger partial charge in [-0.25, -0.2) is 0 Å². The molecule has 4 nitrogen and oxygen atoms in total. The Morgan fingerprint density at radius 2 is 1.94 bits per heavy atom. The highest BCUT2D eigenvalue weighted by Crippen LogP contribution is 2.12. The summed E-state index contributed by atoms with van der Waals surface area (Å²) in [5, 5.41) is 6.44. The van der Waals surface area contributed by atoms with Crippen molar-refractivity contribution in [2.45, 2.75) is 32.2 Å². The highest BCUT2D eigenvalue weighted by molar-refractivity contribution is 5.85. The maximum absolute atomic E-state index is 11.9. The van der Waals surface area contributed by atoms with E-state index in [0.717, 1.165) is 52.0 Å². The van der Waals surface area contributed by atoms with Crippen LogP contribution in [0.2, 0.25) is 0 Å². The van der Waals surface area contributed by atoms with Crippen LogP contribution in [0.1, 0.15) is 26.2 Å². The van der Waals surface area contributed by atoms with E-state index in [-0.39, 0.29) is 36.6 Å². The van der Waals surface area contributed by atoms with Crippen LogP contribution >= 0.6 is 24.8 Å². The normalized spacial score (nSPS) is 25.1. The number of nitrogens with zero attached hydrogens (tertiary/aromatic N) is 1. The van der Waals surface area contributed by atoms with Crippen molar-refractivity contribution in [3.05, 3.63) is 0 Å². The number of halogens is 2. The minimum Gasteiger partial charge on any atom is -0.353 e. The van der Waals surface area contributed by atoms with Gasteiger partial charge in [-0.3, -0.25) is 4.79 Å². The topological polar surface area (TPSA) is 44.4 Å². The van der Waals surface area contributed by atoms with Gasteiger partial charge in [0.2, 0.25) is 5.91 Å². The van der Waals surface area contributed by atoms with Gasteiger partial charge in [-0.15, -0.1) is 24.8 Å². The predicted octanol–water partition coefficient (Wildman–Crippen LogP) is 1.04. The third kappa shape index (κ3) is 4.92. The average Bonchev–Trinajstić information content (AvgIpc) is 2.83. The molecule has 0 bridgehead atoms. The summed E-state index contributed by atoms with van der Waals surface area (Å²) in [7, 11) is 0. The van der Waals surface area contributed by atoms with E-state index in [1.165, 1.54) is 0 Å². The quantitative estimate of drug-likeness (QED) is 0.818. The number of carbonyl (C=O) groups is 1. The summed E-state index contributed by atoms with van der Waals surface area (Å²) in [6.45, 7) is 7.44. The molecule has 6 heteroatoms. The molecule has 0 aromatic heterocycles. The lowest BCUT2D eigenvalue weighted by molar-refractivity contribution is -0.125. The molecule has 2 aliphatic heterocycles. The Kier molecular flexibility index (Phi) is 8.95. The summed E-state index contributed by atoms with van der Waals surface area (Å²) < 4.78 is 0. The number of carbonyl (C=O) groups excluding carboxylic acids is 1. The number of hydrogen-bond donors (Lipinski definition) is 2. The number of nitrogens with one attached hydrogen (secondary N) is 2. The Bertz CT molecular complexity index is 239. The van der Waals surface area contributed by atoms with Crippen molar-refractivity contribution < 1.29 is 4.79 Å². The second-order valence-corrected chi connectivity index (χ2v) is 4.91. The standard InChI is InChI=1S/C12H23N3O.2ClH/c1-2-15-7-4-11(5-8-15)14-12(16)10-3-6-13-9-10;;/h10-11,13H,2-9H2,1H3,(H,14,16);2*1H. The van der Waals surface area contributed by atoms with Crippen LogP contribution in [-0.2, 0) is 4.79 Å². The number of hydrogen-bond acceptors (Lipinski definition) is 3.